The van der Waals surface area contributed by atoms with Crippen molar-refractivity contribution < 1.29 is 9.41 Å². The number of rotatable bonds is 2. The fourth-order valence-corrected chi connectivity index (χ4v) is 0. The van der Waals surface area contributed by atoms with Crippen LogP contribution in [0.15, 0.2) is 12.7 Å². The van der Waals surface area contributed by atoms with Crippen molar-refractivity contribution in [3.63, 3.8) is 0 Å². The van der Waals surface area contributed by atoms with Gasteiger partial charge in [0, 0.05) is 6.54 Å². The quantitative estimate of drug-likeness (QED) is 0.670. The summed E-state index contributed by atoms with van der Waals surface area (Å²) in [4.78, 5) is 0. The van der Waals surface area contributed by atoms with E-state index in [0.29, 0.717) is 6.54 Å². The molecular weight excluding hydrogens is 174 g/mol. The van der Waals surface area contributed by atoms with Crippen molar-refractivity contribution in [2.45, 2.75) is 27.2 Å². The molecule has 13 heavy (non-hydrogen) atoms. The zero-order valence-electron chi connectivity index (χ0n) is 9.30. The molecular formula is C9H26F2N2. The molecule has 0 saturated heterocycles. The van der Waals surface area contributed by atoms with Crippen LogP contribution >= 0.6 is 0 Å². The molecule has 0 unspecified atom stereocenters. The van der Waals surface area contributed by atoms with Crippen molar-refractivity contribution >= 4 is 0 Å². The van der Waals surface area contributed by atoms with E-state index in [1.807, 2.05) is 7.05 Å². The van der Waals surface area contributed by atoms with Crippen LogP contribution in [0.1, 0.15) is 27.2 Å². The molecule has 0 fully saturated rings. The Morgan fingerprint density at radius 2 is 1.38 bits per heavy atom. The highest BCUT2D eigenvalue weighted by Gasteiger charge is 1.50. The summed E-state index contributed by atoms with van der Waals surface area (Å²) in [5, 5.41) is 2.93. The summed E-state index contributed by atoms with van der Waals surface area (Å²) in [6.45, 7) is 11.3. The Labute approximate surface area is 81.3 Å². The highest BCUT2D eigenvalue weighted by molar-refractivity contribution is 4.64. The van der Waals surface area contributed by atoms with Crippen molar-refractivity contribution in [3.05, 3.63) is 12.7 Å². The molecule has 86 valence electrons. The summed E-state index contributed by atoms with van der Waals surface area (Å²) in [7, 11) is 1.93. The van der Waals surface area contributed by atoms with Gasteiger partial charge in [-0.15, -0.1) is 6.58 Å². The Kier molecular flexibility index (Phi) is 141. The third kappa shape index (κ3) is 452. The summed E-state index contributed by atoms with van der Waals surface area (Å²) < 4.78 is 0. The summed E-state index contributed by atoms with van der Waals surface area (Å²) in [6.07, 6.45) is 2.90. The van der Waals surface area contributed by atoms with E-state index in [0.717, 1.165) is 6.54 Å². The van der Waals surface area contributed by atoms with Crippen LogP contribution in [0, 0.1) is 0 Å². The summed E-state index contributed by atoms with van der Waals surface area (Å²) in [5.41, 5.74) is 4.91. The SMILES string of the molecule is C=CCN.CCC.CCNC.F.F. The predicted molar refractivity (Wildman–Crippen MR) is 59.8 cm³/mol. The fraction of sp³-hybridized carbons (Fsp3) is 0.778. The molecule has 0 aromatic carbocycles. The second-order valence-corrected chi connectivity index (χ2v) is 1.94. The van der Waals surface area contributed by atoms with Crippen molar-refractivity contribution in [3.8, 4) is 0 Å². The molecule has 2 nitrogen and oxygen atoms in total. The van der Waals surface area contributed by atoms with Gasteiger partial charge in [0.05, 0.1) is 0 Å². The summed E-state index contributed by atoms with van der Waals surface area (Å²) in [5.74, 6) is 0. The van der Waals surface area contributed by atoms with Crippen molar-refractivity contribution in [1.29, 1.82) is 0 Å². The molecule has 0 aliphatic rings. The average Bonchev–Trinajstić information content (AvgIpc) is 2.06. The van der Waals surface area contributed by atoms with Gasteiger partial charge in [-0.25, -0.2) is 0 Å². The second kappa shape index (κ2) is 62.4. The van der Waals surface area contributed by atoms with Crippen molar-refractivity contribution in [2.75, 3.05) is 20.1 Å². The topological polar surface area (TPSA) is 38.0 Å². The first-order valence-electron chi connectivity index (χ1n) is 4.20. The lowest BCUT2D eigenvalue weighted by molar-refractivity contribution is 0.864. The molecule has 0 amide bonds. The van der Waals surface area contributed by atoms with Crippen LogP contribution in [0.25, 0.3) is 0 Å². The van der Waals surface area contributed by atoms with Gasteiger partial charge in [0.2, 0.25) is 0 Å². The normalized spacial score (nSPS) is 5.62. The lowest BCUT2D eigenvalue weighted by Crippen LogP contribution is -2.01. The van der Waals surface area contributed by atoms with E-state index in [1.54, 1.807) is 6.08 Å². The van der Waals surface area contributed by atoms with Crippen LogP contribution in [0.5, 0.6) is 0 Å². The van der Waals surface area contributed by atoms with E-state index in [9.17, 15) is 0 Å². The smallest absolute Gasteiger partial charge is 0.0104 e. The molecule has 0 bridgehead atoms. The third-order valence-electron chi connectivity index (χ3n) is 0.520. The van der Waals surface area contributed by atoms with Crippen LogP contribution in [0.2, 0.25) is 0 Å². The standard InChI is InChI=1S/C3H9N.C3H7N.C3H8.2FH/c1-3-4-2;1-2-3-4;1-3-2;;/h4H,3H2,1-2H3;2H,1,3-4H2;3H2,1-2H3;2*1H. The van der Waals surface area contributed by atoms with Gasteiger partial charge in [-0.05, 0) is 13.6 Å². The van der Waals surface area contributed by atoms with Gasteiger partial charge in [0.1, 0.15) is 0 Å². The van der Waals surface area contributed by atoms with E-state index < -0.39 is 0 Å². The maximum atomic E-state index is 4.91. The molecule has 0 saturated carbocycles. The zero-order valence-corrected chi connectivity index (χ0v) is 9.30. The maximum Gasteiger partial charge on any atom is 0.0104 e. The van der Waals surface area contributed by atoms with E-state index in [2.05, 4.69) is 32.7 Å². The van der Waals surface area contributed by atoms with Gasteiger partial charge < -0.3 is 11.1 Å². The highest BCUT2D eigenvalue weighted by atomic mass is 19.0. The predicted octanol–water partition coefficient (Wildman–Crippen LogP) is 2.08. The van der Waals surface area contributed by atoms with E-state index in [-0.39, 0.29) is 9.41 Å². The number of hydrogen-bond acceptors (Lipinski definition) is 2. The largest absolute Gasteiger partial charge is 0.327 e. The summed E-state index contributed by atoms with van der Waals surface area (Å²) in [6, 6.07) is 0. The third-order valence-corrected chi connectivity index (χ3v) is 0.520. The molecule has 0 spiro atoms. The van der Waals surface area contributed by atoms with Gasteiger partial charge in [0.15, 0.2) is 0 Å². The molecule has 0 aliphatic heterocycles. The minimum Gasteiger partial charge on any atom is -0.327 e. The number of hydrogen-bond donors (Lipinski definition) is 2. The van der Waals surface area contributed by atoms with Gasteiger partial charge in [-0.2, -0.15) is 0 Å². The first-order valence-corrected chi connectivity index (χ1v) is 4.20. The number of nitrogens with two attached hydrogens (primary N) is 1. The molecule has 0 aliphatic carbocycles. The monoisotopic (exact) mass is 200 g/mol. The Morgan fingerprint density at radius 3 is 1.38 bits per heavy atom. The van der Waals surface area contributed by atoms with Crippen LogP contribution in [-0.4, -0.2) is 20.1 Å². The Balaban J connectivity index is -0.0000000231. The van der Waals surface area contributed by atoms with Gasteiger partial charge in [0.25, 0.3) is 0 Å². The lowest BCUT2D eigenvalue weighted by Gasteiger charge is -1.76. The van der Waals surface area contributed by atoms with Crippen molar-refractivity contribution in [1.82, 2.24) is 5.32 Å². The molecule has 3 N–H and O–H groups in total. The zero-order chi connectivity index (χ0) is 9.54. The first-order chi connectivity index (χ1) is 5.24. The molecule has 0 radical (unpaired) electrons. The lowest BCUT2D eigenvalue weighted by atomic mass is 10.6. The van der Waals surface area contributed by atoms with Gasteiger partial charge in [-0.3, -0.25) is 9.41 Å². The van der Waals surface area contributed by atoms with Gasteiger partial charge in [-0.1, -0.05) is 33.3 Å². The van der Waals surface area contributed by atoms with Crippen LogP contribution < -0.4 is 11.1 Å². The van der Waals surface area contributed by atoms with E-state index >= 15 is 0 Å². The minimum absolute atomic E-state index is 0. The highest BCUT2D eigenvalue weighted by Crippen LogP contribution is 1.56. The van der Waals surface area contributed by atoms with E-state index in [4.69, 9.17) is 5.73 Å². The van der Waals surface area contributed by atoms with Crippen LogP contribution in [0.3, 0.4) is 0 Å². The molecule has 0 aromatic heterocycles. The fourth-order valence-electron chi connectivity index (χ4n) is 0. The minimum atomic E-state index is 0. The Hall–Kier alpha value is -0.480. The Morgan fingerprint density at radius 1 is 1.23 bits per heavy atom. The molecule has 0 heterocycles. The number of halogens is 2. The first kappa shape index (κ1) is 29.4. The molecule has 4 heteroatoms. The second-order valence-electron chi connectivity index (χ2n) is 1.94. The van der Waals surface area contributed by atoms with Crippen LogP contribution in [-0.2, 0) is 0 Å². The maximum absolute atomic E-state index is 4.91. The van der Waals surface area contributed by atoms with Crippen LogP contribution in [0.4, 0.5) is 9.41 Å². The van der Waals surface area contributed by atoms with E-state index in [1.165, 1.54) is 6.42 Å². The number of nitrogens with one attached hydrogen (secondary N) is 1. The summed E-state index contributed by atoms with van der Waals surface area (Å²) >= 11 is 0. The molecule has 0 aromatic rings. The molecule has 0 atom stereocenters. The average molecular weight is 200 g/mol. The Bertz CT molecular complexity index is 50.9. The molecule has 0 rings (SSSR count). The van der Waals surface area contributed by atoms with Gasteiger partial charge >= 0.3 is 0 Å². The van der Waals surface area contributed by atoms with Crippen molar-refractivity contribution in [2.24, 2.45) is 5.73 Å².